The number of allylic oxidation sites excluding steroid dienone is 7. The molecule has 0 bridgehead atoms. The highest BCUT2D eigenvalue weighted by Gasteiger charge is 2.45. The van der Waals surface area contributed by atoms with E-state index >= 15 is 0 Å². The van der Waals surface area contributed by atoms with E-state index in [1.165, 1.54) is 0 Å². The lowest BCUT2D eigenvalue weighted by molar-refractivity contribution is -0.277. The summed E-state index contributed by atoms with van der Waals surface area (Å²) in [6.45, 7) is -0.186. The number of hydrogen-bond donors (Lipinski definition) is 5. The van der Waals surface area contributed by atoms with Gasteiger partial charge in [-0.2, -0.15) is 0 Å². The van der Waals surface area contributed by atoms with E-state index in [1.807, 2.05) is 24.3 Å². The first kappa shape index (κ1) is 22.6. The number of fused-ring (bicyclic) bond motifs is 2. The van der Waals surface area contributed by atoms with Crippen molar-refractivity contribution in [1.82, 2.24) is 9.55 Å². The average molecular weight is 466 g/mol. The van der Waals surface area contributed by atoms with Crippen LogP contribution in [-0.4, -0.2) is 67.3 Å². The zero-order valence-electron chi connectivity index (χ0n) is 18.2. The predicted octanol–water partition coefficient (Wildman–Crippen LogP) is 0.662. The number of nitrogens with zero attached hydrogens (tertiary/aromatic N) is 1. The number of imidazole rings is 1. The van der Waals surface area contributed by atoms with Crippen LogP contribution in [-0.2, 0) is 11.3 Å². The number of ether oxygens (including phenoxy) is 2. The van der Waals surface area contributed by atoms with Gasteiger partial charge in [0.15, 0.2) is 0 Å². The molecule has 0 radical (unpaired) electrons. The first-order valence-electron chi connectivity index (χ1n) is 11.2. The lowest BCUT2D eigenvalue weighted by Gasteiger charge is -2.39. The number of H-pyrrole nitrogens is 1. The van der Waals surface area contributed by atoms with Crippen molar-refractivity contribution in [2.75, 3.05) is 6.61 Å². The highest BCUT2D eigenvalue weighted by atomic mass is 16.7. The van der Waals surface area contributed by atoms with Gasteiger partial charge in [-0.25, -0.2) is 4.79 Å². The molecule has 0 amide bonds. The van der Waals surface area contributed by atoms with E-state index in [0.29, 0.717) is 24.0 Å². The molecule has 2 aliphatic carbocycles. The summed E-state index contributed by atoms with van der Waals surface area (Å²) < 4.78 is 12.9. The number of nitrogens with one attached hydrogen (secondary N) is 1. The number of aromatic amines is 1. The molecule has 5 unspecified atom stereocenters. The molecule has 1 aromatic heterocycles. The van der Waals surface area contributed by atoms with Gasteiger partial charge < -0.3 is 34.9 Å². The van der Waals surface area contributed by atoms with E-state index < -0.39 is 37.3 Å². The maximum absolute atomic E-state index is 12.7. The smallest absolute Gasteiger partial charge is 0.326 e. The minimum Gasteiger partial charge on any atom is -0.460 e. The molecule has 2 heterocycles. The fraction of sp³-hybridized carbons (Fsp3) is 0.360. The van der Waals surface area contributed by atoms with Crippen molar-refractivity contribution < 1.29 is 29.9 Å². The SMILES string of the molecule is O=c1[nH]c2cccc(OC3OC(CO)C(O)C(O)C3O)c2n1CCC1=C[C@H]2C=CC=CC2=C=C1. The second kappa shape index (κ2) is 9.23. The van der Waals surface area contributed by atoms with Crippen molar-refractivity contribution in [1.29, 1.82) is 0 Å². The third-order valence-electron chi connectivity index (χ3n) is 6.35. The van der Waals surface area contributed by atoms with Gasteiger partial charge in [-0.05, 0) is 30.2 Å². The molecule has 178 valence electrons. The summed E-state index contributed by atoms with van der Waals surface area (Å²) in [5.41, 5.74) is 6.18. The molecule has 1 aromatic carbocycles. The third-order valence-corrected chi connectivity index (χ3v) is 6.35. The van der Waals surface area contributed by atoms with Crippen molar-refractivity contribution in [3.8, 4) is 5.75 Å². The Morgan fingerprint density at radius 3 is 2.82 bits per heavy atom. The van der Waals surface area contributed by atoms with E-state index in [4.69, 9.17) is 9.47 Å². The summed E-state index contributed by atoms with van der Waals surface area (Å²) in [5, 5.41) is 39.9. The first-order chi connectivity index (χ1) is 16.5. The van der Waals surface area contributed by atoms with Crippen LogP contribution >= 0.6 is 0 Å². The first-order valence-corrected chi connectivity index (χ1v) is 11.2. The minimum absolute atomic E-state index is 0.176. The molecule has 0 spiro atoms. The number of para-hydroxylation sites is 1. The van der Waals surface area contributed by atoms with Gasteiger partial charge in [0.2, 0.25) is 6.29 Å². The van der Waals surface area contributed by atoms with Crippen LogP contribution in [0.3, 0.4) is 0 Å². The Hall–Kier alpha value is -3.17. The number of aromatic nitrogens is 2. The van der Waals surface area contributed by atoms with Crippen molar-refractivity contribution in [2.45, 2.75) is 43.7 Å². The molecule has 2 aromatic rings. The van der Waals surface area contributed by atoms with Gasteiger partial charge in [-0.3, -0.25) is 4.57 Å². The van der Waals surface area contributed by atoms with Crippen LogP contribution in [0.15, 0.2) is 76.3 Å². The van der Waals surface area contributed by atoms with Crippen LogP contribution in [0.5, 0.6) is 5.75 Å². The molecule has 9 nitrogen and oxygen atoms in total. The Kier molecular flexibility index (Phi) is 6.14. The Morgan fingerprint density at radius 1 is 1.15 bits per heavy atom. The molecule has 1 fully saturated rings. The molecular formula is C25H26N2O7. The molecule has 5 rings (SSSR count). The third kappa shape index (κ3) is 4.10. The van der Waals surface area contributed by atoms with Gasteiger partial charge in [-0.1, -0.05) is 36.4 Å². The van der Waals surface area contributed by atoms with Crippen LogP contribution in [0.1, 0.15) is 6.42 Å². The largest absolute Gasteiger partial charge is 0.460 e. The van der Waals surface area contributed by atoms with E-state index in [1.54, 1.807) is 22.8 Å². The average Bonchev–Trinajstić information content (AvgIpc) is 3.18. The number of aliphatic hydroxyl groups excluding tert-OH is 4. The number of aryl methyl sites for hydroxylation is 1. The second-order valence-electron chi connectivity index (χ2n) is 8.55. The van der Waals surface area contributed by atoms with Crippen LogP contribution in [0.2, 0.25) is 0 Å². The molecule has 1 saturated heterocycles. The molecule has 3 aliphatic rings. The topological polar surface area (TPSA) is 137 Å². The monoisotopic (exact) mass is 466 g/mol. The quantitative estimate of drug-likeness (QED) is 0.395. The summed E-state index contributed by atoms with van der Waals surface area (Å²) >= 11 is 0. The summed E-state index contributed by atoms with van der Waals surface area (Å²) in [7, 11) is 0. The van der Waals surface area contributed by atoms with E-state index in [9.17, 15) is 25.2 Å². The maximum atomic E-state index is 12.7. The Balaban J connectivity index is 1.41. The fourth-order valence-electron chi connectivity index (χ4n) is 4.48. The number of benzene rings is 1. The predicted molar refractivity (Wildman–Crippen MR) is 123 cm³/mol. The van der Waals surface area contributed by atoms with E-state index in [0.717, 1.165) is 11.1 Å². The summed E-state index contributed by atoms with van der Waals surface area (Å²) in [4.78, 5) is 15.5. The molecule has 6 atom stereocenters. The summed E-state index contributed by atoms with van der Waals surface area (Å²) in [5.74, 6) is 0.436. The zero-order chi connectivity index (χ0) is 23.8. The van der Waals surface area contributed by atoms with E-state index in [2.05, 4.69) is 22.9 Å². The van der Waals surface area contributed by atoms with Crippen LogP contribution in [0.4, 0.5) is 0 Å². The Morgan fingerprint density at radius 2 is 2.00 bits per heavy atom. The number of aliphatic hydroxyl groups is 4. The van der Waals surface area contributed by atoms with Crippen LogP contribution < -0.4 is 10.4 Å². The lowest BCUT2D eigenvalue weighted by Crippen LogP contribution is -2.60. The van der Waals surface area contributed by atoms with Crippen LogP contribution in [0, 0.1) is 5.92 Å². The Bertz CT molecular complexity index is 1290. The van der Waals surface area contributed by atoms with Gasteiger partial charge in [-0.15, -0.1) is 5.73 Å². The molecule has 34 heavy (non-hydrogen) atoms. The molecular weight excluding hydrogens is 440 g/mol. The zero-order valence-corrected chi connectivity index (χ0v) is 18.2. The molecule has 0 saturated carbocycles. The van der Waals surface area contributed by atoms with Crippen molar-refractivity contribution in [3.05, 3.63) is 82.0 Å². The van der Waals surface area contributed by atoms with Crippen molar-refractivity contribution in [3.63, 3.8) is 0 Å². The van der Waals surface area contributed by atoms with Gasteiger partial charge in [0.05, 0.1) is 12.1 Å². The van der Waals surface area contributed by atoms with Gasteiger partial charge in [0.1, 0.15) is 35.7 Å². The minimum atomic E-state index is -1.56. The summed E-state index contributed by atoms with van der Waals surface area (Å²) in [6.07, 6.45) is 5.74. The fourth-order valence-corrected chi connectivity index (χ4v) is 4.48. The molecule has 9 heteroatoms. The second-order valence-corrected chi connectivity index (χ2v) is 8.55. The molecule has 1 aliphatic heterocycles. The standard InChI is InChI=1S/C25H26N2O7/c28-13-19-21(29)22(30)23(31)24(34-19)33-18-7-3-6-17-20(18)27(25(32)26-17)11-10-14-8-9-15-4-1-2-5-16(15)12-14/h1-8,12,16,19,21-24,28-31H,10-11,13H2,(H,26,32)/t16-,19?,21?,22?,23?,24?/m1/s1. The van der Waals surface area contributed by atoms with Crippen molar-refractivity contribution >= 4 is 11.0 Å². The highest BCUT2D eigenvalue weighted by Crippen LogP contribution is 2.30. The van der Waals surface area contributed by atoms with Gasteiger partial charge >= 0.3 is 5.69 Å². The van der Waals surface area contributed by atoms with Gasteiger partial charge in [0.25, 0.3) is 0 Å². The Labute approximate surface area is 194 Å². The van der Waals surface area contributed by atoms with Crippen LogP contribution in [0.25, 0.3) is 11.0 Å². The number of rotatable bonds is 6. The lowest BCUT2D eigenvalue weighted by atomic mass is 9.89. The highest BCUT2D eigenvalue weighted by molar-refractivity contribution is 5.82. The number of hydrogen-bond acceptors (Lipinski definition) is 7. The van der Waals surface area contributed by atoms with E-state index in [-0.39, 0.29) is 17.4 Å². The van der Waals surface area contributed by atoms with Crippen molar-refractivity contribution in [2.24, 2.45) is 5.92 Å². The van der Waals surface area contributed by atoms with Gasteiger partial charge in [0, 0.05) is 18.0 Å². The molecule has 5 N–H and O–H groups in total. The normalized spacial score (nSPS) is 30.2. The summed E-state index contributed by atoms with van der Waals surface area (Å²) in [6, 6.07) is 5.05. The maximum Gasteiger partial charge on any atom is 0.326 e.